The van der Waals surface area contributed by atoms with Gasteiger partial charge in [0.15, 0.2) is 0 Å². The molecule has 0 aromatic heterocycles. The van der Waals surface area contributed by atoms with Crippen molar-refractivity contribution in [2.75, 3.05) is 33.2 Å². The van der Waals surface area contributed by atoms with E-state index in [4.69, 9.17) is 6.42 Å². The average molecular weight is 194 g/mol. The number of piperidine rings is 1. The van der Waals surface area contributed by atoms with Gasteiger partial charge in [0.05, 0.1) is 6.54 Å². The van der Waals surface area contributed by atoms with Gasteiger partial charge >= 0.3 is 0 Å². The number of hydrogen-bond acceptors (Lipinski definition) is 2. The lowest BCUT2D eigenvalue weighted by molar-refractivity contribution is 0.310. The van der Waals surface area contributed by atoms with Crippen LogP contribution in [0.4, 0.5) is 0 Å². The molecule has 80 valence electrons. The molecule has 1 heterocycles. The quantitative estimate of drug-likeness (QED) is 0.664. The van der Waals surface area contributed by atoms with E-state index in [0.717, 1.165) is 19.0 Å². The third kappa shape index (κ3) is 4.64. The van der Waals surface area contributed by atoms with E-state index in [1.807, 2.05) is 0 Å². The molecule has 0 spiro atoms. The first kappa shape index (κ1) is 11.6. The van der Waals surface area contributed by atoms with E-state index in [-0.39, 0.29) is 0 Å². The van der Waals surface area contributed by atoms with E-state index < -0.39 is 0 Å². The van der Waals surface area contributed by atoms with Gasteiger partial charge in [-0.05, 0) is 58.3 Å². The van der Waals surface area contributed by atoms with Gasteiger partial charge in [-0.1, -0.05) is 5.92 Å². The van der Waals surface area contributed by atoms with Gasteiger partial charge in [-0.3, -0.25) is 4.90 Å². The Morgan fingerprint density at radius 2 is 2.43 bits per heavy atom. The van der Waals surface area contributed by atoms with E-state index in [1.54, 1.807) is 0 Å². The summed E-state index contributed by atoms with van der Waals surface area (Å²) < 4.78 is 0. The Hall–Kier alpha value is -0.520. The predicted octanol–water partition coefficient (Wildman–Crippen LogP) is 1.33. The van der Waals surface area contributed by atoms with Gasteiger partial charge in [0.25, 0.3) is 0 Å². The average Bonchev–Trinajstić information content (AvgIpc) is 2.20. The summed E-state index contributed by atoms with van der Waals surface area (Å²) in [5.41, 5.74) is 0. The largest absolute Gasteiger partial charge is 0.316 e. The van der Waals surface area contributed by atoms with Crippen LogP contribution >= 0.6 is 0 Å². The van der Waals surface area contributed by atoms with Crippen molar-refractivity contribution in [3.05, 3.63) is 0 Å². The van der Waals surface area contributed by atoms with Crippen molar-refractivity contribution in [2.24, 2.45) is 5.92 Å². The standard InChI is InChI=1S/C12H22N2/c1-3-9-14(2)10-5-7-12-6-4-8-13-11-12/h1,12-13H,4-11H2,2H3. The summed E-state index contributed by atoms with van der Waals surface area (Å²) in [4.78, 5) is 2.22. The molecule has 1 atom stereocenters. The summed E-state index contributed by atoms with van der Waals surface area (Å²) >= 11 is 0. The maximum absolute atomic E-state index is 5.24. The minimum Gasteiger partial charge on any atom is -0.316 e. The molecule has 1 saturated heterocycles. The fourth-order valence-electron chi connectivity index (χ4n) is 2.06. The molecule has 0 aromatic rings. The van der Waals surface area contributed by atoms with Crippen LogP contribution in [0.15, 0.2) is 0 Å². The maximum Gasteiger partial charge on any atom is 0.0596 e. The molecule has 2 heteroatoms. The lowest BCUT2D eigenvalue weighted by Crippen LogP contribution is -2.30. The van der Waals surface area contributed by atoms with Crippen molar-refractivity contribution in [1.82, 2.24) is 10.2 Å². The molecule has 0 bridgehead atoms. The highest BCUT2D eigenvalue weighted by Crippen LogP contribution is 2.15. The zero-order chi connectivity index (χ0) is 10.2. The molecule has 1 aliphatic rings. The summed E-state index contributed by atoms with van der Waals surface area (Å²) in [6, 6.07) is 0. The molecule has 14 heavy (non-hydrogen) atoms. The third-order valence-corrected chi connectivity index (χ3v) is 2.91. The monoisotopic (exact) mass is 194 g/mol. The molecule has 1 rings (SSSR count). The fraction of sp³-hybridized carbons (Fsp3) is 0.833. The van der Waals surface area contributed by atoms with Gasteiger partial charge in [-0.2, -0.15) is 0 Å². The Balaban J connectivity index is 2.00. The number of hydrogen-bond donors (Lipinski definition) is 1. The second-order valence-corrected chi connectivity index (χ2v) is 4.30. The number of terminal acetylenes is 1. The third-order valence-electron chi connectivity index (χ3n) is 2.91. The van der Waals surface area contributed by atoms with Gasteiger partial charge in [0.2, 0.25) is 0 Å². The summed E-state index contributed by atoms with van der Waals surface area (Å²) in [6.45, 7) is 4.36. The van der Waals surface area contributed by atoms with Crippen LogP contribution in [0.3, 0.4) is 0 Å². The van der Waals surface area contributed by atoms with Gasteiger partial charge in [-0.15, -0.1) is 6.42 Å². The summed E-state index contributed by atoms with van der Waals surface area (Å²) in [6.07, 6.45) is 10.6. The Morgan fingerprint density at radius 1 is 1.57 bits per heavy atom. The van der Waals surface area contributed by atoms with Crippen molar-refractivity contribution < 1.29 is 0 Å². The summed E-state index contributed by atoms with van der Waals surface area (Å²) in [5.74, 6) is 3.58. The van der Waals surface area contributed by atoms with Crippen LogP contribution < -0.4 is 5.32 Å². The highest BCUT2D eigenvalue weighted by atomic mass is 15.1. The Kier molecular flexibility index (Phi) is 5.66. The smallest absolute Gasteiger partial charge is 0.0596 e. The first-order valence-corrected chi connectivity index (χ1v) is 5.65. The summed E-state index contributed by atoms with van der Waals surface area (Å²) in [5, 5.41) is 3.45. The lowest BCUT2D eigenvalue weighted by Gasteiger charge is -2.23. The highest BCUT2D eigenvalue weighted by Gasteiger charge is 2.12. The molecule has 1 N–H and O–H groups in total. The molecular formula is C12H22N2. The van der Waals surface area contributed by atoms with E-state index in [1.165, 1.54) is 38.8 Å². The van der Waals surface area contributed by atoms with Gasteiger partial charge in [0.1, 0.15) is 0 Å². The molecule has 1 fully saturated rings. The van der Waals surface area contributed by atoms with Gasteiger partial charge in [-0.25, -0.2) is 0 Å². The maximum atomic E-state index is 5.24. The zero-order valence-corrected chi connectivity index (χ0v) is 9.26. The van der Waals surface area contributed by atoms with Crippen molar-refractivity contribution in [3.8, 4) is 12.3 Å². The molecule has 0 aliphatic carbocycles. The van der Waals surface area contributed by atoms with Crippen LogP contribution in [-0.4, -0.2) is 38.1 Å². The zero-order valence-electron chi connectivity index (χ0n) is 9.26. The predicted molar refractivity (Wildman–Crippen MR) is 61.2 cm³/mol. The van der Waals surface area contributed by atoms with Crippen LogP contribution in [0.5, 0.6) is 0 Å². The van der Waals surface area contributed by atoms with E-state index in [0.29, 0.717) is 0 Å². The number of rotatable bonds is 5. The Bertz CT molecular complexity index is 177. The van der Waals surface area contributed by atoms with E-state index in [9.17, 15) is 0 Å². The van der Waals surface area contributed by atoms with Gasteiger partial charge < -0.3 is 5.32 Å². The number of nitrogens with one attached hydrogen (secondary N) is 1. The van der Waals surface area contributed by atoms with E-state index in [2.05, 4.69) is 23.2 Å². The molecule has 2 nitrogen and oxygen atoms in total. The normalized spacial score (nSPS) is 22.2. The second kappa shape index (κ2) is 6.86. The SMILES string of the molecule is C#CCN(C)CCCC1CCCNC1. The van der Waals surface area contributed by atoms with Crippen molar-refractivity contribution >= 4 is 0 Å². The first-order chi connectivity index (χ1) is 6.83. The minimum absolute atomic E-state index is 0.781. The van der Waals surface area contributed by atoms with Crippen molar-refractivity contribution in [1.29, 1.82) is 0 Å². The molecule has 0 aromatic carbocycles. The van der Waals surface area contributed by atoms with Gasteiger partial charge in [0, 0.05) is 0 Å². The Morgan fingerprint density at radius 3 is 3.07 bits per heavy atom. The Labute approximate surface area is 88.1 Å². The highest BCUT2D eigenvalue weighted by molar-refractivity contribution is 4.87. The molecule has 1 aliphatic heterocycles. The first-order valence-electron chi connectivity index (χ1n) is 5.65. The van der Waals surface area contributed by atoms with Crippen LogP contribution in [0.2, 0.25) is 0 Å². The molecule has 0 saturated carbocycles. The molecule has 0 radical (unpaired) electrons. The van der Waals surface area contributed by atoms with Crippen molar-refractivity contribution in [2.45, 2.75) is 25.7 Å². The lowest BCUT2D eigenvalue weighted by atomic mass is 9.95. The number of nitrogens with zero attached hydrogens (tertiary/aromatic N) is 1. The summed E-state index contributed by atoms with van der Waals surface area (Å²) in [7, 11) is 2.10. The van der Waals surface area contributed by atoms with Crippen LogP contribution in [0.1, 0.15) is 25.7 Å². The fourth-order valence-corrected chi connectivity index (χ4v) is 2.06. The molecule has 0 amide bonds. The molecule has 1 unspecified atom stereocenters. The minimum atomic E-state index is 0.781. The van der Waals surface area contributed by atoms with Crippen LogP contribution in [0.25, 0.3) is 0 Å². The van der Waals surface area contributed by atoms with E-state index >= 15 is 0 Å². The van der Waals surface area contributed by atoms with Crippen molar-refractivity contribution in [3.63, 3.8) is 0 Å². The molecular weight excluding hydrogens is 172 g/mol. The van der Waals surface area contributed by atoms with Crippen LogP contribution in [-0.2, 0) is 0 Å². The topological polar surface area (TPSA) is 15.3 Å². The second-order valence-electron chi connectivity index (χ2n) is 4.30. The van der Waals surface area contributed by atoms with Crippen LogP contribution in [0, 0.1) is 18.3 Å².